The van der Waals surface area contributed by atoms with Gasteiger partial charge in [-0.3, -0.25) is 4.79 Å². The third kappa shape index (κ3) is 3.53. The van der Waals surface area contributed by atoms with E-state index in [-0.39, 0.29) is 5.91 Å². The molecular formula is C17H21N3OS. The maximum Gasteiger partial charge on any atom is 0.233 e. The number of rotatable bonds is 6. The highest BCUT2D eigenvalue weighted by Gasteiger charge is 2.33. The van der Waals surface area contributed by atoms with Crippen LogP contribution in [0, 0.1) is 6.92 Å². The Balaban J connectivity index is 1.63. The molecule has 1 aliphatic rings. The zero-order valence-electron chi connectivity index (χ0n) is 13.0. The fourth-order valence-electron chi connectivity index (χ4n) is 2.45. The highest BCUT2D eigenvalue weighted by molar-refractivity contribution is 8.00. The molecule has 1 amide bonds. The van der Waals surface area contributed by atoms with Crippen LogP contribution < -0.4 is 0 Å². The summed E-state index contributed by atoms with van der Waals surface area (Å²) in [5.41, 5.74) is 1.22. The first-order chi connectivity index (χ1) is 10.6. The molecule has 0 unspecified atom stereocenters. The number of hydrogen-bond donors (Lipinski definition) is 0. The van der Waals surface area contributed by atoms with Crippen LogP contribution >= 0.6 is 11.8 Å². The van der Waals surface area contributed by atoms with E-state index in [1.807, 2.05) is 34.8 Å². The fourth-order valence-corrected chi connectivity index (χ4v) is 3.36. The molecule has 1 aromatic carbocycles. The van der Waals surface area contributed by atoms with Gasteiger partial charge >= 0.3 is 0 Å². The zero-order valence-corrected chi connectivity index (χ0v) is 13.8. The van der Waals surface area contributed by atoms with Crippen molar-refractivity contribution in [2.75, 3.05) is 5.75 Å². The van der Waals surface area contributed by atoms with E-state index in [0.717, 1.165) is 18.7 Å². The van der Waals surface area contributed by atoms with Gasteiger partial charge in [0, 0.05) is 30.4 Å². The molecule has 1 heterocycles. The van der Waals surface area contributed by atoms with Crippen molar-refractivity contribution in [2.24, 2.45) is 7.05 Å². The van der Waals surface area contributed by atoms with Gasteiger partial charge in [0.05, 0.1) is 12.3 Å². The van der Waals surface area contributed by atoms with Crippen molar-refractivity contribution in [3.8, 4) is 0 Å². The van der Waals surface area contributed by atoms with Crippen LogP contribution in [0.25, 0.3) is 0 Å². The van der Waals surface area contributed by atoms with E-state index in [4.69, 9.17) is 0 Å². The number of imidazole rings is 1. The lowest BCUT2D eigenvalue weighted by atomic mass is 10.2. The van der Waals surface area contributed by atoms with Crippen LogP contribution in [0.1, 0.15) is 24.2 Å². The maximum atomic E-state index is 12.6. The number of benzene rings is 1. The standard InChI is InChI=1S/C17H21N3OS/c1-13-5-3-4-6-15(13)22-12-17(21)20(14-7-8-14)11-16-18-9-10-19(16)2/h3-6,9-10,14H,7-8,11-12H2,1-2H3. The van der Waals surface area contributed by atoms with E-state index in [0.29, 0.717) is 18.3 Å². The van der Waals surface area contributed by atoms with Crippen LogP contribution in [-0.2, 0) is 18.4 Å². The molecule has 0 radical (unpaired) electrons. The van der Waals surface area contributed by atoms with Gasteiger partial charge in [0.15, 0.2) is 0 Å². The molecule has 0 atom stereocenters. The molecule has 1 fully saturated rings. The Morgan fingerprint density at radius 3 is 2.82 bits per heavy atom. The van der Waals surface area contributed by atoms with E-state index in [1.54, 1.807) is 18.0 Å². The van der Waals surface area contributed by atoms with Crippen molar-refractivity contribution in [2.45, 2.75) is 37.2 Å². The molecule has 0 bridgehead atoms. The van der Waals surface area contributed by atoms with Crippen molar-refractivity contribution in [1.82, 2.24) is 14.5 Å². The van der Waals surface area contributed by atoms with Gasteiger partial charge in [-0.2, -0.15) is 0 Å². The lowest BCUT2D eigenvalue weighted by molar-refractivity contribution is -0.129. The summed E-state index contributed by atoms with van der Waals surface area (Å²) in [6.45, 7) is 2.70. The number of carbonyl (C=O) groups excluding carboxylic acids is 1. The Kier molecular flexibility index (Phi) is 4.52. The van der Waals surface area contributed by atoms with Gasteiger partial charge in [0.1, 0.15) is 5.82 Å². The summed E-state index contributed by atoms with van der Waals surface area (Å²) in [6.07, 6.45) is 5.94. The van der Waals surface area contributed by atoms with Crippen LogP contribution in [0.5, 0.6) is 0 Å². The normalized spacial score (nSPS) is 14.1. The number of thioether (sulfide) groups is 1. The number of amides is 1. The summed E-state index contributed by atoms with van der Waals surface area (Å²) in [5.74, 6) is 1.64. The zero-order chi connectivity index (χ0) is 15.5. The van der Waals surface area contributed by atoms with Crippen molar-refractivity contribution < 1.29 is 4.79 Å². The molecule has 22 heavy (non-hydrogen) atoms. The van der Waals surface area contributed by atoms with Crippen molar-refractivity contribution in [1.29, 1.82) is 0 Å². The van der Waals surface area contributed by atoms with Crippen LogP contribution in [0.15, 0.2) is 41.6 Å². The van der Waals surface area contributed by atoms with Gasteiger partial charge in [-0.1, -0.05) is 18.2 Å². The predicted molar refractivity (Wildman–Crippen MR) is 88.7 cm³/mol. The van der Waals surface area contributed by atoms with E-state index in [9.17, 15) is 4.79 Å². The number of carbonyl (C=O) groups is 1. The monoisotopic (exact) mass is 315 g/mol. The second-order valence-corrected chi connectivity index (χ2v) is 6.78. The molecule has 1 aromatic heterocycles. The largest absolute Gasteiger partial charge is 0.337 e. The molecule has 0 N–H and O–H groups in total. The average Bonchev–Trinajstić information content (AvgIpc) is 3.27. The van der Waals surface area contributed by atoms with Gasteiger partial charge in [-0.15, -0.1) is 11.8 Å². The van der Waals surface area contributed by atoms with Gasteiger partial charge in [0.2, 0.25) is 5.91 Å². The summed E-state index contributed by atoms with van der Waals surface area (Å²) in [5, 5.41) is 0. The molecule has 0 spiro atoms. The molecule has 2 aromatic rings. The summed E-state index contributed by atoms with van der Waals surface area (Å²) in [6, 6.07) is 8.61. The lowest BCUT2D eigenvalue weighted by Gasteiger charge is -2.22. The van der Waals surface area contributed by atoms with Crippen molar-refractivity contribution in [3.05, 3.63) is 48.0 Å². The highest BCUT2D eigenvalue weighted by atomic mass is 32.2. The van der Waals surface area contributed by atoms with Crippen molar-refractivity contribution >= 4 is 17.7 Å². The molecule has 0 aliphatic heterocycles. The summed E-state index contributed by atoms with van der Waals surface area (Å²) in [7, 11) is 1.97. The second kappa shape index (κ2) is 6.57. The molecule has 1 aliphatic carbocycles. The molecule has 5 heteroatoms. The SMILES string of the molecule is Cc1ccccc1SCC(=O)N(Cc1nccn1C)C1CC1. The Bertz CT molecular complexity index is 663. The van der Waals surface area contributed by atoms with Gasteiger partial charge < -0.3 is 9.47 Å². The Morgan fingerprint density at radius 2 is 2.18 bits per heavy atom. The fraction of sp³-hybridized carbons (Fsp3) is 0.412. The number of aryl methyl sites for hydroxylation is 2. The lowest BCUT2D eigenvalue weighted by Crippen LogP contribution is -2.34. The molecule has 1 saturated carbocycles. The Hall–Kier alpha value is -1.75. The number of nitrogens with zero attached hydrogens (tertiary/aromatic N) is 3. The Morgan fingerprint density at radius 1 is 1.41 bits per heavy atom. The predicted octanol–water partition coefficient (Wildman–Crippen LogP) is 3.01. The minimum absolute atomic E-state index is 0.207. The molecular weight excluding hydrogens is 294 g/mol. The van der Waals surface area contributed by atoms with E-state index < -0.39 is 0 Å². The van der Waals surface area contributed by atoms with E-state index in [1.165, 1.54) is 10.5 Å². The van der Waals surface area contributed by atoms with E-state index >= 15 is 0 Å². The maximum absolute atomic E-state index is 12.6. The smallest absolute Gasteiger partial charge is 0.233 e. The van der Waals surface area contributed by atoms with Gasteiger partial charge in [-0.25, -0.2) is 4.98 Å². The quantitative estimate of drug-likeness (QED) is 0.769. The first kappa shape index (κ1) is 15.2. The molecule has 3 rings (SSSR count). The molecule has 0 saturated heterocycles. The van der Waals surface area contributed by atoms with Gasteiger partial charge in [-0.05, 0) is 31.4 Å². The van der Waals surface area contributed by atoms with Crippen LogP contribution in [0.4, 0.5) is 0 Å². The summed E-state index contributed by atoms with van der Waals surface area (Å²) in [4.78, 5) is 20.1. The van der Waals surface area contributed by atoms with E-state index in [2.05, 4.69) is 24.0 Å². The van der Waals surface area contributed by atoms with Crippen LogP contribution in [0.2, 0.25) is 0 Å². The number of hydrogen-bond acceptors (Lipinski definition) is 3. The second-order valence-electron chi connectivity index (χ2n) is 5.76. The van der Waals surface area contributed by atoms with Crippen molar-refractivity contribution in [3.63, 3.8) is 0 Å². The first-order valence-electron chi connectivity index (χ1n) is 7.59. The van der Waals surface area contributed by atoms with Crippen LogP contribution in [0.3, 0.4) is 0 Å². The topological polar surface area (TPSA) is 38.1 Å². The van der Waals surface area contributed by atoms with Crippen LogP contribution in [-0.4, -0.2) is 32.2 Å². The molecule has 116 valence electrons. The minimum Gasteiger partial charge on any atom is -0.337 e. The minimum atomic E-state index is 0.207. The Labute approximate surface area is 135 Å². The third-order valence-electron chi connectivity index (χ3n) is 3.99. The highest BCUT2D eigenvalue weighted by Crippen LogP contribution is 2.30. The summed E-state index contributed by atoms with van der Waals surface area (Å²) >= 11 is 1.63. The number of aromatic nitrogens is 2. The van der Waals surface area contributed by atoms with Gasteiger partial charge in [0.25, 0.3) is 0 Å². The summed E-state index contributed by atoms with van der Waals surface area (Å²) < 4.78 is 1.98. The average molecular weight is 315 g/mol. The first-order valence-corrected chi connectivity index (χ1v) is 8.58. The molecule has 4 nitrogen and oxygen atoms in total. The third-order valence-corrected chi connectivity index (χ3v) is 5.15.